The number of amides is 1. The average Bonchev–Trinajstić information content (AvgIpc) is 3.08. The normalized spacial score (nSPS) is 24.8. The van der Waals surface area contributed by atoms with Crippen LogP contribution in [0.5, 0.6) is 0 Å². The number of carbonyl (C=O) groups excluding carboxylic acids is 1. The summed E-state index contributed by atoms with van der Waals surface area (Å²) in [5.74, 6) is 0.871. The van der Waals surface area contributed by atoms with Crippen LogP contribution in [0.15, 0.2) is 54.6 Å². The van der Waals surface area contributed by atoms with E-state index in [0.717, 1.165) is 18.3 Å². The van der Waals surface area contributed by atoms with Gasteiger partial charge in [-0.3, -0.25) is 9.52 Å². The summed E-state index contributed by atoms with van der Waals surface area (Å²) in [5.41, 5.74) is 4.22. The quantitative estimate of drug-likeness (QED) is 0.596. The van der Waals surface area contributed by atoms with Crippen molar-refractivity contribution in [3.05, 3.63) is 71.3 Å². The van der Waals surface area contributed by atoms with Gasteiger partial charge in [-0.2, -0.15) is 0 Å². The molecule has 32 heavy (non-hydrogen) atoms. The van der Waals surface area contributed by atoms with Crippen LogP contribution in [0, 0.1) is 11.8 Å². The topological polar surface area (TPSA) is 66.5 Å². The van der Waals surface area contributed by atoms with E-state index in [1.165, 1.54) is 49.7 Å². The number of hydrogen-bond acceptors (Lipinski definition) is 4. The molecule has 172 valence electrons. The van der Waals surface area contributed by atoms with Crippen LogP contribution in [0.3, 0.4) is 0 Å². The lowest BCUT2D eigenvalue weighted by atomic mass is 9.90. The molecule has 6 heteroatoms. The molecule has 2 fully saturated rings. The Morgan fingerprint density at radius 3 is 2.34 bits per heavy atom. The number of carbonyl (C=O) groups is 1. The van der Waals surface area contributed by atoms with Gasteiger partial charge in [-0.05, 0) is 60.8 Å². The fourth-order valence-electron chi connectivity index (χ4n) is 5.52. The highest BCUT2D eigenvalue weighted by molar-refractivity contribution is 7.90. The molecule has 0 bridgehead atoms. The smallest absolute Gasteiger partial charge is 0.234 e. The molecule has 1 heterocycles. The van der Waals surface area contributed by atoms with E-state index in [1.807, 2.05) is 4.72 Å². The summed E-state index contributed by atoms with van der Waals surface area (Å²) in [4.78, 5) is 13.6. The van der Waals surface area contributed by atoms with Crippen LogP contribution in [-0.2, 0) is 33.1 Å². The molecular weight excluding hydrogens is 420 g/mol. The first-order chi connectivity index (χ1) is 15.3. The monoisotopic (exact) mass is 454 g/mol. The standard InChI is InChI=1S/C26H34N2O3S/c1-20(29)27-32(30,31)16-8-13-22-11-6-14-23(17-22)26(2)24-18-28(19-25(24)26)15-7-12-21-9-4-3-5-10-21/h3-6,9-11,14,17,24-25H,7-8,12-13,15-16,18-19H2,1-2H3,(H,27,29). The number of rotatable bonds is 10. The van der Waals surface area contributed by atoms with Crippen molar-refractivity contribution in [1.82, 2.24) is 9.62 Å². The molecule has 2 aromatic carbocycles. The van der Waals surface area contributed by atoms with E-state index < -0.39 is 15.9 Å². The van der Waals surface area contributed by atoms with Gasteiger partial charge in [0.05, 0.1) is 5.75 Å². The summed E-state index contributed by atoms with van der Waals surface area (Å²) in [6.45, 7) is 7.13. The van der Waals surface area contributed by atoms with E-state index in [9.17, 15) is 13.2 Å². The van der Waals surface area contributed by atoms with Crippen LogP contribution in [0.4, 0.5) is 0 Å². The molecule has 2 aromatic rings. The highest BCUT2D eigenvalue weighted by Gasteiger charge is 2.65. The number of aryl methyl sites for hydroxylation is 2. The molecule has 2 atom stereocenters. The molecule has 1 aliphatic carbocycles. The predicted molar refractivity (Wildman–Crippen MR) is 128 cm³/mol. The van der Waals surface area contributed by atoms with Gasteiger partial charge in [-0.25, -0.2) is 8.42 Å². The number of hydrogen-bond donors (Lipinski definition) is 1. The van der Waals surface area contributed by atoms with Gasteiger partial charge < -0.3 is 4.90 Å². The minimum absolute atomic E-state index is 0.0305. The number of fused-ring (bicyclic) bond motifs is 1. The molecule has 1 saturated carbocycles. The SMILES string of the molecule is CC(=O)NS(=O)(=O)CCCc1cccc(C2(C)C3CN(CCCc4ccccc4)CC32)c1. The van der Waals surface area contributed by atoms with Crippen molar-refractivity contribution in [2.24, 2.45) is 11.8 Å². The Hall–Kier alpha value is -2.18. The van der Waals surface area contributed by atoms with Gasteiger partial charge >= 0.3 is 0 Å². The Balaban J connectivity index is 1.26. The second kappa shape index (κ2) is 9.36. The number of piperidine rings is 1. The van der Waals surface area contributed by atoms with Gasteiger partial charge in [0.2, 0.25) is 15.9 Å². The molecule has 0 radical (unpaired) electrons. The van der Waals surface area contributed by atoms with Crippen LogP contribution in [-0.4, -0.2) is 44.6 Å². The van der Waals surface area contributed by atoms with Gasteiger partial charge in [-0.15, -0.1) is 0 Å². The lowest BCUT2D eigenvalue weighted by Crippen LogP contribution is -2.30. The Bertz CT molecular complexity index is 1040. The van der Waals surface area contributed by atoms with Crippen molar-refractivity contribution < 1.29 is 13.2 Å². The molecule has 4 rings (SSSR count). The van der Waals surface area contributed by atoms with Gasteiger partial charge in [-0.1, -0.05) is 61.5 Å². The van der Waals surface area contributed by atoms with Gasteiger partial charge in [0.25, 0.3) is 0 Å². The zero-order valence-electron chi connectivity index (χ0n) is 19.1. The third-order valence-corrected chi connectivity index (χ3v) is 8.76. The Kier molecular flexibility index (Phi) is 6.72. The minimum Gasteiger partial charge on any atom is -0.303 e. The summed E-state index contributed by atoms with van der Waals surface area (Å²) in [6.07, 6.45) is 3.55. The minimum atomic E-state index is -3.53. The summed E-state index contributed by atoms with van der Waals surface area (Å²) >= 11 is 0. The molecule has 2 unspecified atom stereocenters. The van der Waals surface area contributed by atoms with Crippen LogP contribution >= 0.6 is 0 Å². The van der Waals surface area contributed by atoms with E-state index in [4.69, 9.17) is 0 Å². The number of nitrogens with zero attached hydrogens (tertiary/aromatic N) is 1. The molecule has 1 N–H and O–H groups in total. The molecule has 5 nitrogen and oxygen atoms in total. The van der Waals surface area contributed by atoms with E-state index in [0.29, 0.717) is 12.8 Å². The molecule has 1 amide bonds. The lowest BCUT2D eigenvalue weighted by Gasteiger charge is -2.24. The van der Waals surface area contributed by atoms with Crippen molar-refractivity contribution in [2.45, 2.75) is 44.9 Å². The van der Waals surface area contributed by atoms with Crippen molar-refractivity contribution in [3.63, 3.8) is 0 Å². The highest BCUT2D eigenvalue weighted by Crippen LogP contribution is 2.63. The van der Waals surface area contributed by atoms with Gasteiger partial charge in [0.1, 0.15) is 0 Å². The number of nitrogens with one attached hydrogen (secondary N) is 1. The second-order valence-electron chi connectivity index (χ2n) is 9.63. The largest absolute Gasteiger partial charge is 0.303 e. The second-order valence-corrected chi connectivity index (χ2v) is 11.5. The number of likely N-dealkylation sites (tertiary alicyclic amines) is 1. The number of benzene rings is 2. The van der Waals surface area contributed by atoms with Crippen LogP contribution < -0.4 is 4.72 Å². The molecule has 0 aromatic heterocycles. The first kappa shape index (κ1) is 23.0. The molecule has 1 aliphatic heterocycles. The van der Waals surface area contributed by atoms with Gasteiger partial charge in [0, 0.05) is 25.4 Å². The molecular formula is C26H34N2O3S. The third-order valence-electron chi connectivity index (χ3n) is 7.34. The van der Waals surface area contributed by atoms with Crippen molar-refractivity contribution in [2.75, 3.05) is 25.4 Å². The van der Waals surface area contributed by atoms with E-state index in [1.54, 1.807) is 0 Å². The van der Waals surface area contributed by atoms with E-state index in [-0.39, 0.29) is 11.2 Å². The van der Waals surface area contributed by atoms with E-state index in [2.05, 4.69) is 66.4 Å². The Labute approximate surface area is 192 Å². The van der Waals surface area contributed by atoms with Crippen LogP contribution in [0.25, 0.3) is 0 Å². The maximum atomic E-state index is 11.8. The maximum absolute atomic E-state index is 11.8. The van der Waals surface area contributed by atoms with Crippen molar-refractivity contribution in [3.8, 4) is 0 Å². The van der Waals surface area contributed by atoms with Crippen LogP contribution in [0.2, 0.25) is 0 Å². The van der Waals surface area contributed by atoms with Crippen molar-refractivity contribution in [1.29, 1.82) is 0 Å². The molecule has 2 aliphatic rings. The van der Waals surface area contributed by atoms with E-state index >= 15 is 0 Å². The summed E-state index contributed by atoms with van der Waals surface area (Å²) in [6, 6.07) is 19.4. The average molecular weight is 455 g/mol. The van der Waals surface area contributed by atoms with Crippen LogP contribution in [0.1, 0.15) is 43.4 Å². The Morgan fingerprint density at radius 2 is 1.66 bits per heavy atom. The fraction of sp³-hybridized carbons (Fsp3) is 0.500. The highest BCUT2D eigenvalue weighted by atomic mass is 32.2. The van der Waals surface area contributed by atoms with Gasteiger partial charge in [0.15, 0.2) is 0 Å². The molecule has 1 saturated heterocycles. The Morgan fingerprint density at radius 1 is 1.00 bits per heavy atom. The summed E-state index contributed by atoms with van der Waals surface area (Å²) in [5, 5.41) is 0. The first-order valence-electron chi connectivity index (χ1n) is 11.6. The summed E-state index contributed by atoms with van der Waals surface area (Å²) < 4.78 is 25.7. The first-order valence-corrected chi connectivity index (χ1v) is 13.3. The predicted octanol–water partition coefficient (Wildman–Crippen LogP) is 3.54. The maximum Gasteiger partial charge on any atom is 0.234 e. The zero-order chi connectivity index (χ0) is 22.8. The van der Waals surface area contributed by atoms with Crippen molar-refractivity contribution >= 4 is 15.9 Å². The summed E-state index contributed by atoms with van der Waals surface area (Å²) in [7, 11) is -3.53. The number of sulfonamides is 1. The third kappa shape index (κ3) is 5.24. The molecule has 0 spiro atoms. The zero-order valence-corrected chi connectivity index (χ0v) is 19.9. The lowest BCUT2D eigenvalue weighted by molar-refractivity contribution is -0.117. The fourth-order valence-corrected chi connectivity index (χ4v) is 6.59.